The molecule has 0 aliphatic heterocycles. The van der Waals surface area contributed by atoms with Crippen LogP contribution < -0.4 is 21.3 Å². The fourth-order valence-corrected chi connectivity index (χ4v) is 3.56. The second-order valence-corrected chi connectivity index (χ2v) is 10.1. The molecule has 1 aromatic carbocycles. The lowest BCUT2D eigenvalue weighted by Crippen LogP contribution is -2.38. The van der Waals surface area contributed by atoms with E-state index in [1.165, 1.54) is 0 Å². The fourth-order valence-electron chi connectivity index (χ4n) is 3.56. The number of carbonyl (C=O) groups excluding carboxylic acids is 2. The average molecular weight is 437 g/mol. The molecule has 0 radical (unpaired) electrons. The Labute approximate surface area is 186 Å². The van der Waals surface area contributed by atoms with Crippen molar-refractivity contribution in [2.75, 3.05) is 23.7 Å². The quantitative estimate of drug-likeness (QED) is 0.334. The summed E-state index contributed by atoms with van der Waals surface area (Å²) in [6.07, 6.45) is 0.284. The summed E-state index contributed by atoms with van der Waals surface area (Å²) in [6.45, 7) is 14.1. The molecule has 0 fully saturated rings. The Morgan fingerprint density at radius 1 is 0.871 bits per heavy atom. The average Bonchev–Trinajstić information content (AvgIpc) is 2.59. The van der Waals surface area contributed by atoms with Crippen molar-refractivity contribution in [3.63, 3.8) is 0 Å². The molecule has 0 aliphatic rings. The Morgan fingerprint density at radius 3 is 1.77 bits per heavy atom. The fraction of sp³-hybridized carbons (Fsp3) is 0.652. The van der Waals surface area contributed by atoms with E-state index in [0.717, 1.165) is 5.56 Å². The molecule has 0 saturated heterocycles. The first-order chi connectivity index (χ1) is 14.2. The number of aliphatic hydroxyl groups excluding tert-OH is 2. The number of aryl methyl sites for hydroxylation is 1. The van der Waals surface area contributed by atoms with Crippen LogP contribution in [-0.4, -0.2) is 47.6 Å². The highest BCUT2D eigenvalue weighted by Gasteiger charge is 2.22. The molecule has 0 aliphatic carbocycles. The van der Waals surface area contributed by atoms with Gasteiger partial charge in [-0.25, -0.2) is 9.59 Å². The largest absolute Gasteiger partial charge is 0.393 e. The smallest absolute Gasteiger partial charge is 0.319 e. The van der Waals surface area contributed by atoms with Crippen LogP contribution in [0.2, 0.25) is 0 Å². The summed E-state index contributed by atoms with van der Waals surface area (Å²) in [5.74, 6) is 0. The summed E-state index contributed by atoms with van der Waals surface area (Å²) in [5, 5.41) is 30.4. The molecule has 2 atom stereocenters. The van der Waals surface area contributed by atoms with Gasteiger partial charge in [-0.1, -0.05) is 33.8 Å². The van der Waals surface area contributed by atoms with Crippen LogP contribution in [0.15, 0.2) is 18.2 Å². The molecule has 0 bridgehead atoms. The highest BCUT2D eigenvalue weighted by molar-refractivity contribution is 5.93. The molecule has 1 aromatic rings. The molecule has 0 saturated carbocycles. The van der Waals surface area contributed by atoms with Crippen LogP contribution in [0.25, 0.3) is 0 Å². The Morgan fingerprint density at radius 2 is 1.32 bits per heavy atom. The lowest BCUT2D eigenvalue weighted by molar-refractivity contribution is 0.129. The highest BCUT2D eigenvalue weighted by atomic mass is 16.3. The van der Waals surface area contributed by atoms with Crippen molar-refractivity contribution in [3.8, 4) is 0 Å². The molecule has 2 unspecified atom stereocenters. The number of amides is 4. The van der Waals surface area contributed by atoms with Crippen LogP contribution in [0, 0.1) is 17.8 Å². The van der Waals surface area contributed by atoms with Gasteiger partial charge in [0.05, 0.1) is 12.2 Å². The number of hydrogen-bond donors (Lipinski definition) is 6. The van der Waals surface area contributed by atoms with E-state index in [-0.39, 0.29) is 22.9 Å². The lowest BCUT2D eigenvalue weighted by Gasteiger charge is -2.26. The van der Waals surface area contributed by atoms with Crippen LogP contribution in [0.5, 0.6) is 0 Å². The van der Waals surface area contributed by atoms with Crippen molar-refractivity contribution in [1.29, 1.82) is 0 Å². The van der Waals surface area contributed by atoms with Gasteiger partial charge in [-0.15, -0.1) is 0 Å². The number of nitrogens with one attached hydrogen (secondary N) is 4. The van der Waals surface area contributed by atoms with Gasteiger partial charge in [0.25, 0.3) is 0 Å². The van der Waals surface area contributed by atoms with E-state index in [2.05, 4.69) is 21.3 Å². The zero-order chi connectivity index (χ0) is 23.8. The number of benzene rings is 1. The van der Waals surface area contributed by atoms with E-state index in [1.54, 1.807) is 26.0 Å². The van der Waals surface area contributed by atoms with Crippen LogP contribution in [0.1, 0.15) is 59.9 Å². The van der Waals surface area contributed by atoms with Gasteiger partial charge in [0.2, 0.25) is 0 Å². The Hall–Kier alpha value is -2.32. The maximum atomic E-state index is 12.3. The molecule has 176 valence electrons. The number of carbonyl (C=O) groups is 2. The summed E-state index contributed by atoms with van der Waals surface area (Å²) >= 11 is 0. The molecular formula is C23H40N4O4. The van der Waals surface area contributed by atoms with Crippen LogP contribution >= 0.6 is 0 Å². The molecule has 8 nitrogen and oxygen atoms in total. The molecule has 6 N–H and O–H groups in total. The van der Waals surface area contributed by atoms with Gasteiger partial charge < -0.3 is 31.5 Å². The minimum atomic E-state index is -0.436. The molecule has 4 amide bonds. The van der Waals surface area contributed by atoms with Gasteiger partial charge in [-0.2, -0.15) is 0 Å². The normalized spacial score (nSPS) is 13.8. The zero-order valence-electron chi connectivity index (χ0n) is 19.9. The Bertz CT molecular complexity index is 745. The number of anilines is 2. The second kappa shape index (κ2) is 11.3. The number of hydrogen-bond acceptors (Lipinski definition) is 4. The lowest BCUT2D eigenvalue weighted by atomic mass is 9.87. The van der Waals surface area contributed by atoms with Crippen molar-refractivity contribution in [1.82, 2.24) is 10.6 Å². The standard InChI is InChI=1S/C23H40N4O4/c1-15-8-9-18(26-20(30)24-13-22(4,5)11-16(2)28)10-19(15)27-21(31)25-14-23(6,7)12-17(3)29/h8-10,16-17,28-29H,11-14H2,1-7H3,(H2,24,26,30)(H2,25,27,31). The molecule has 0 spiro atoms. The summed E-state index contributed by atoms with van der Waals surface area (Å²) in [6, 6.07) is 4.60. The maximum Gasteiger partial charge on any atom is 0.319 e. The predicted molar refractivity (Wildman–Crippen MR) is 125 cm³/mol. The first-order valence-electron chi connectivity index (χ1n) is 10.8. The van der Waals surface area contributed by atoms with Gasteiger partial charge >= 0.3 is 12.1 Å². The monoisotopic (exact) mass is 436 g/mol. The predicted octanol–water partition coefficient (Wildman–Crippen LogP) is 3.83. The SMILES string of the molecule is Cc1ccc(NC(=O)NCC(C)(C)CC(C)O)cc1NC(=O)NCC(C)(C)CC(C)O. The highest BCUT2D eigenvalue weighted by Crippen LogP contribution is 2.23. The van der Waals surface area contributed by atoms with Gasteiger partial charge in [0.1, 0.15) is 0 Å². The maximum absolute atomic E-state index is 12.3. The molecule has 31 heavy (non-hydrogen) atoms. The third-order valence-electron chi connectivity index (χ3n) is 4.89. The zero-order valence-corrected chi connectivity index (χ0v) is 19.9. The number of aliphatic hydroxyl groups is 2. The van der Waals surface area contributed by atoms with Crippen molar-refractivity contribution < 1.29 is 19.8 Å². The minimum Gasteiger partial charge on any atom is -0.393 e. The van der Waals surface area contributed by atoms with Crippen molar-refractivity contribution in [2.24, 2.45) is 10.8 Å². The first-order valence-corrected chi connectivity index (χ1v) is 10.8. The Balaban J connectivity index is 2.64. The molecule has 1 rings (SSSR count). The van der Waals surface area contributed by atoms with Gasteiger partial charge in [-0.3, -0.25) is 0 Å². The van der Waals surface area contributed by atoms with Crippen LogP contribution in [0.4, 0.5) is 21.0 Å². The molecule has 0 heterocycles. The second-order valence-electron chi connectivity index (χ2n) is 10.1. The van der Waals surface area contributed by atoms with E-state index in [0.29, 0.717) is 37.3 Å². The molecule has 8 heteroatoms. The van der Waals surface area contributed by atoms with Crippen LogP contribution in [-0.2, 0) is 0 Å². The molecule has 0 aromatic heterocycles. The first kappa shape index (κ1) is 26.7. The third-order valence-corrected chi connectivity index (χ3v) is 4.89. The van der Waals surface area contributed by atoms with Crippen molar-refractivity contribution in [3.05, 3.63) is 23.8 Å². The van der Waals surface area contributed by atoms with E-state index < -0.39 is 12.2 Å². The third kappa shape index (κ3) is 11.0. The summed E-state index contributed by atoms with van der Waals surface area (Å²) < 4.78 is 0. The van der Waals surface area contributed by atoms with Crippen LogP contribution in [0.3, 0.4) is 0 Å². The van der Waals surface area contributed by atoms with Gasteiger partial charge in [0.15, 0.2) is 0 Å². The molecular weight excluding hydrogens is 396 g/mol. The van der Waals surface area contributed by atoms with Crippen molar-refractivity contribution >= 4 is 23.4 Å². The Kier molecular flexibility index (Phi) is 9.77. The minimum absolute atomic E-state index is 0.231. The van der Waals surface area contributed by atoms with E-state index in [9.17, 15) is 19.8 Å². The topological polar surface area (TPSA) is 123 Å². The van der Waals surface area contributed by atoms with E-state index >= 15 is 0 Å². The summed E-state index contributed by atoms with van der Waals surface area (Å²) in [5.41, 5.74) is 1.55. The number of urea groups is 2. The van der Waals surface area contributed by atoms with E-state index in [4.69, 9.17) is 0 Å². The van der Waals surface area contributed by atoms with E-state index in [1.807, 2.05) is 40.7 Å². The van der Waals surface area contributed by atoms with Gasteiger partial charge in [-0.05, 0) is 62.1 Å². The van der Waals surface area contributed by atoms with Gasteiger partial charge in [0, 0.05) is 24.5 Å². The van der Waals surface area contributed by atoms with Crippen molar-refractivity contribution in [2.45, 2.75) is 73.5 Å². The summed E-state index contributed by atoms with van der Waals surface area (Å²) in [7, 11) is 0. The summed E-state index contributed by atoms with van der Waals surface area (Å²) in [4.78, 5) is 24.6. The number of rotatable bonds is 10.